The number of rotatable bonds is 9. The van der Waals surface area contributed by atoms with Crippen LogP contribution in [-0.4, -0.2) is 60.2 Å². The molecular weight excluding hydrogens is 472 g/mol. The van der Waals surface area contributed by atoms with Crippen molar-refractivity contribution >= 4 is 22.6 Å². The second-order valence-corrected chi connectivity index (χ2v) is 11.2. The van der Waals surface area contributed by atoms with E-state index in [-0.39, 0.29) is 11.9 Å². The van der Waals surface area contributed by atoms with Crippen molar-refractivity contribution in [2.75, 3.05) is 37.7 Å². The zero-order valence-corrected chi connectivity index (χ0v) is 23.7. The molecule has 1 aromatic heterocycles. The summed E-state index contributed by atoms with van der Waals surface area (Å²) in [4.78, 5) is 21.8. The number of likely N-dealkylation sites (tertiary alicyclic amines) is 1. The van der Waals surface area contributed by atoms with Gasteiger partial charge in [-0.1, -0.05) is 51.1 Å². The van der Waals surface area contributed by atoms with Crippen LogP contribution in [0.15, 0.2) is 42.5 Å². The molecule has 0 bridgehead atoms. The summed E-state index contributed by atoms with van der Waals surface area (Å²) in [5, 5.41) is 1.13. The lowest BCUT2D eigenvalue weighted by Gasteiger charge is -2.38. The van der Waals surface area contributed by atoms with Gasteiger partial charge in [-0.25, -0.2) is 0 Å². The van der Waals surface area contributed by atoms with Gasteiger partial charge in [0.1, 0.15) is 5.54 Å². The highest BCUT2D eigenvalue weighted by atomic mass is 16.5. The maximum atomic E-state index is 12.9. The van der Waals surface area contributed by atoms with E-state index in [2.05, 4.69) is 78.0 Å². The number of fused-ring (bicyclic) bond motifs is 4. The number of nitrogens with zero attached hydrogens (tertiary/aromatic N) is 2. The van der Waals surface area contributed by atoms with Crippen molar-refractivity contribution in [2.45, 2.75) is 77.3 Å². The fourth-order valence-corrected chi connectivity index (χ4v) is 6.83. The number of nitrogens with one attached hydrogen (secondary N) is 1. The molecule has 0 spiro atoms. The fourth-order valence-electron chi connectivity index (χ4n) is 6.83. The SMILES string of the molecule is CCOC(=O)C(N)(CC)Cc1c(C(C)c2ccc3c(c2)C2CCN(CC)CC2N3CC)[nH]c2ccccc12. The number of para-hydroxylation sites is 1. The third-order valence-electron chi connectivity index (χ3n) is 9.20. The zero-order chi connectivity index (χ0) is 27.0. The summed E-state index contributed by atoms with van der Waals surface area (Å²) >= 11 is 0. The van der Waals surface area contributed by atoms with Gasteiger partial charge in [-0.05, 0) is 68.6 Å². The first-order valence-electron chi connectivity index (χ1n) is 14.5. The molecule has 0 aliphatic carbocycles. The Labute approximate surface area is 227 Å². The number of hydrogen-bond donors (Lipinski definition) is 2. The normalized spacial score (nSPS) is 21.7. The van der Waals surface area contributed by atoms with Crippen LogP contribution >= 0.6 is 0 Å². The molecule has 1 fully saturated rings. The topological polar surface area (TPSA) is 74.6 Å². The van der Waals surface area contributed by atoms with Crippen molar-refractivity contribution in [1.82, 2.24) is 9.88 Å². The Bertz CT molecular complexity index is 1300. The lowest BCUT2D eigenvalue weighted by atomic mass is 9.83. The zero-order valence-electron chi connectivity index (χ0n) is 23.7. The van der Waals surface area contributed by atoms with Crippen LogP contribution in [0.4, 0.5) is 5.69 Å². The standard InChI is InChI=1S/C32H44N4O2/c1-6-32(33,31(37)38-9-4)19-26-23-12-10-11-13-27(23)34-30(26)21(5)22-14-15-28-25(18-22)24-16-17-35(7-2)20-29(24)36(28)8-3/h10-15,18,21,24,29,34H,6-9,16-17,19-20,33H2,1-5H3. The minimum Gasteiger partial charge on any atom is -0.465 e. The highest BCUT2D eigenvalue weighted by molar-refractivity contribution is 5.87. The van der Waals surface area contributed by atoms with Crippen LogP contribution in [0.3, 0.4) is 0 Å². The highest BCUT2D eigenvalue weighted by Gasteiger charge is 2.41. The predicted octanol–water partition coefficient (Wildman–Crippen LogP) is 5.55. The van der Waals surface area contributed by atoms with Gasteiger partial charge in [-0.3, -0.25) is 4.79 Å². The Morgan fingerprint density at radius 2 is 1.95 bits per heavy atom. The Balaban J connectivity index is 1.53. The Hall–Kier alpha value is -2.83. The van der Waals surface area contributed by atoms with Gasteiger partial charge in [0.25, 0.3) is 0 Å². The van der Waals surface area contributed by atoms with Gasteiger partial charge in [0.15, 0.2) is 0 Å². The highest BCUT2D eigenvalue weighted by Crippen LogP contribution is 2.46. The molecule has 38 heavy (non-hydrogen) atoms. The van der Waals surface area contributed by atoms with Crippen molar-refractivity contribution in [3.8, 4) is 0 Å². The molecule has 0 saturated carbocycles. The number of benzene rings is 2. The van der Waals surface area contributed by atoms with E-state index < -0.39 is 5.54 Å². The summed E-state index contributed by atoms with van der Waals surface area (Å²) in [6.07, 6.45) is 2.17. The van der Waals surface area contributed by atoms with E-state index in [1.807, 2.05) is 13.8 Å². The number of anilines is 1. The van der Waals surface area contributed by atoms with Crippen LogP contribution in [0.1, 0.15) is 81.7 Å². The quantitative estimate of drug-likeness (QED) is 0.365. The van der Waals surface area contributed by atoms with Gasteiger partial charge in [-0.2, -0.15) is 0 Å². The maximum Gasteiger partial charge on any atom is 0.326 e. The molecule has 0 radical (unpaired) electrons. The predicted molar refractivity (Wildman–Crippen MR) is 156 cm³/mol. The first-order valence-corrected chi connectivity index (χ1v) is 14.5. The molecule has 2 aliphatic heterocycles. The summed E-state index contributed by atoms with van der Waals surface area (Å²) in [5.41, 5.74) is 13.2. The Morgan fingerprint density at radius 3 is 2.66 bits per heavy atom. The van der Waals surface area contributed by atoms with Crippen molar-refractivity contribution in [1.29, 1.82) is 0 Å². The van der Waals surface area contributed by atoms with Crippen LogP contribution in [0, 0.1) is 0 Å². The van der Waals surface area contributed by atoms with Crippen molar-refractivity contribution in [3.05, 3.63) is 64.8 Å². The fraction of sp³-hybridized carbons (Fsp3) is 0.531. The van der Waals surface area contributed by atoms with Crippen LogP contribution in [0.5, 0.6) is 0 Å². The summed E-state index contributed by atoms with van der Waals surface area (Å²) in [5.74, 6) is 0.395. The number of hydrogen-bond acceptors (Lipinski definition) is 5. The number of aromatic amines is 1. The van der Waals surface area contributed by atoms with Gasteiger partial charge in [0.2, 0.25) is 0 Å². The van der Waals surface area contributed by atoms with Crippen molar-refractivity contribution in [3.63, 3.8) is 0 Å². The number of carbonyl (C=O) groups is 1. The molecule has 6 heteroatoms. The van der Waals surface area contributed by atoms with Gasteiger partial charge < -0.3 is 25.3 Å². The molecule has 3 N–H and O–H groups in total. The van der Waals surface area contributed by atoms with Gasteiger partial charge in [-0.15, -0.1) is 0 Å². The third-order valence-corrected chi connectivity index (χ3v) is 9.20. The third kappa shape index (κ3) is 4.52. The van der Waals surface area contributed by atoms with Crippen molar-refractivity contribution in [2.24, 2.45) is 5.73 Å². The second kappa shape index (κ2) is 10.7. The number of likely N-dealkylation sites (N-methyl/N-ethyl adjacent to an activating group) is 2. The molecule has 204 valence electrons. The van der Waals surface area contributed by atoms with E-state index in [0.717, 1.165) is 41.8 Å². The van der Waals surface area contributed by atoms with Gasteiger partial charge >= 0.3 is 5.97 Å². The van der Waals surface area contributed by atoms with E-state index >= 15 is 0 Å². The smallest absolute Gasteiger partial charge is 0.326 e. The monoisotopic (exact) mass is 516 g/mol. The largest absolute Gasteiger partial charge is 0.465 e. The second-order valence-electron chi connectivity index (χ2n) is 11.2. The molecule has 3 aromatic rings. The lowest BCUT2D eigenvalue weighted by molar-refractivity contribution is -0.149. The summed E-state index contributed by atoms with van der Waals surface area (Å²) in [7, 11) is 0. The number of aromatic nitrogens is 1. The Kier molecular flexibility index (Phi) is 7.56. The van der Waals surface area contributed by atoms with Crippen molar-refractivity contribution < 1.29 is 9.53 Å². The van der Waals surface area contributed by atoms with Crippen LogP contribution in [-0.2, 0) is 16.0 Å². The molecule has 4 atom stereocenters. The minimum atomic E-state index is -1.06. The molecule has 5 rings (SSSR count). The molecule has 4 unspecified atom stereocenters. The number of nitrogens with two attached hydrogens (primary N) is 1. The first-order chi connectivity index (χ1) is 18.3. The molecular formula is C32H44N4O2. The van der Waals surface area contributed by atoms with Crippen LogP contribution in [0.2, 0.25) is 0 Å². The molecule has 0 amide bonds. The number of ether oxygens (including phenoxy) is 1. The number of esters is 1. The summed E-state index contributed by atoms with van der Waals surface area (Å²) < 4.78 is 5.40. The molecule has 3 heterocycles. The van der Waals surface area contributed by atoms with E-state index in [4.69, 9.17) is 10.5 Å². The van der Waals surface area contributed by atoms with Crippen LogP contribution < -0.4 is 10.6 Å². The van der Waals surface area contributed by atoms with Gasteiger partial charge in [0.05, 0.1) is 6.61 Å². The first kappa shape index (κ1) is 26.8. The minimum absolute atomic E-state index is 0.135. The number of carbonyl (C=O) groups excluding carboxylic acids is 1. The lowest BCUT2D eigenvalue weighted by Crippen LogP contribution is -2.50. The average molecular weight is 517 g/mol. The molecule has 2 aromatic carbocycles. The number of piperidine rings is 1. The average Bonchev–Trinajstić information content (AvgIpc) is 3.46. The van der Waals surface area contributed by atoms with E-state index in [1.54, 1.807) is 0 Å². The van der Waals surface area contributed by atoms with E-state index in [0.29, 0.717) is 31.4 Å². The van der Waals surface area contributed by atoms with E-state index in [1.165, 1.54) is 29.8 Å². The molecule has 1 saturated heterocycles. The van der Waals surface area contributed by atoms with Gasteiger partial charge in [0, 0.05) is 59.7 Å². The summed E-state index contributed by atoms with van der Waals surface area (Å²) in [6.45, 7) is 15.4. The Morgan fingerprint density at radius 1 is 1.16 bits per heavy atom. The number of H-pyrrole nitrogens is 1. The molecule has 2 aliphatic rings. The van der Waals surface area contributed by atoms with E-state index in [9.17, 15) is 4.79 Å². The molecule has 6 nitrogen and oxygen atoms in total. The summed E-state index contributed by atoms with van der Waals surface area (Å²) in [6, 6.07) is 16.0. The van der Waals surface area contributed by atoms with Crippen LogP contribution in [0.25, 0.3) is 10.9 Å². The maximum absolute atomic E-state index is 12.9.